The number of halogens is 3. The number of carbonyl (C=O) groups excluding carboxylic acids is 2. The molecule has 0 saturated carbocycles. The second-order valence-corrected chi connectivity index (χ2v) is 7.88. The molecule has 32 heavy (non-hydrogen) atoms. The molecule has 0 aliphatic carbocycles. The number of esters is 1. The zero-order valence-electron chi connectivity index (χ0n) is 16.7. The van der Waals surface area contributed by atoms with Crippen LogP contribution in [-0.2, 0) is 20.9 Å². The summed E-state index contributed by atoms with van der Waals surface area (Å²) < 4.78 is 10.7. The molecule has 0 saturated heterocycles. The van der Waals surface area contributed by atoms with Crippen molar-refractivity contribution in [2.45, 2.75) is 6.61 Å². The van der Waals surface area contributed by atoms with Gasteiger partial charge in [-0.25, -0.2) is 4.79 Å². The quantitative estimate of drug-likeness (QED) is 0.292. The fraction of sp³-hybridized carbons (Fsp3) is 0.0833. The van der Waals surface area contributed by atoms with Crippen LogP contribution in [0.2, 0.25) is 15.1 Å². The average Bonchev–Trinajstić information content (AvgIpc) is 2.76. The maximum atomic E-state index is 11.9. The fourth-order valence-corrected chi connectivity index (χ4v) is 3.34. The van der Waals surface area contributed by atoms with Crippen molar-refractivity contribution in [3.8, 4) is 5.75 Å². The second-order valence-electron chi connectivity index (χ2n) is 6.60. The lowest BCUT2D eigenvalue weighted by molar-refractivity contribution is -0.142. The first kappa shape index (κ1) is 23.7. The van der Waals surface area contributed by atoms with Crippen molar-refractivity contribution in [3.63, 3.8) is 0 Å². The van der Waals surface area contributed by atoms with Gasteiger partial charge in [-0.15, -0.1) is 0 Å². The molecule has 1 N–H and O–H groups in total. The van der Waals surface area contributed by atoms with Crippen LogP contribution in [-0.4, -0.2) is 18.5 Å². The van der Waals surface area contributed by atoms with E-state index in [9.17, 15) is 9.59 Å². The van der Waals surface area contributed by atoms with Crippen molar-refractivity contribution >= 4 is 58.4 Å². The molecule has 0 aliphatic rings. The van der Waals surface area contributed by atoms with Crippen LogP contribution in [0.3, 0.4) is 0 Å². The van der Waals surface area contributed by atoms with Crippen molar-refractivity contribution in [1.82, 2.24) is 0 Å². The minimum absolute atomic E-state index is 0.352. The molecule has 0 bridgehead atoms. The van der Waals surface area contributed by atoms with Crippen molar-refractivity contribution in [3.05, 3.63) is 99.0 Å². The summed E-state index contributed by atoms with van der Waals surface area (Å²) >= 11 is 17.9. The highest BCUT2D eigenvalue weighted by Crippen LogP contribution is 2.22. The van der Waals surface area contributed by atoms with Gasteiger partial charge in [-0.2, -0.15) is 0 Å². The Labute approximate surface area is 200 Å². The van der Waals surface area contributed by atoms with Crippen LogP contribution in [0.5, 0.6) is 5.75 Å². The molecular formula is C24H18Cl3NO4. The molecule has 3 aromatic rings. The Morgan fingerprint density at radius 2 is 1.59 bits per heavy atom. The third-order valence-corrected chi connectivity index (χ3v) is 4.94. The van der Waals surface area contributed by atoms with Gasteiger partial charge in [0.05, 0.1) is 0 Å². The molecule has 1 amide bonds. The van der Waals surface area contributed by atoms with E-state index in [0.717, 1.165) is 11.1 Å². The smallest absolute Gasteiger partial charge is 0.331 e. The standard InChI is InChI=1S/C24H18Cl3NO4/c25-18-11-19(26)13-20(12-18)28-23(29)15-32-24(30)10-7-16-5-8-21(9-6-16)31-14-17-3-1-2-4-22(17)27/h1-13H,14-15H2,(H,28,29). The number of hydrogen-bond donors (Lipinski definition) is 1. The molecule has 164 valence electrons. The number of nitrogens with one attached hydrogen (secondary N) is 1. The zero-order valence-corrected chi connectivity index (χ0v) is 19.0. The van der Waals surface area contributed by atoms with Gasteiger partial charge in [0.1, 0.15) is 12.4 Å². The minimum atomic E-state index is -0.650. The highest BCUT2D eigenvalue weighted by atomic mass is 35.5. The maximum Gasteiger partial charge on any atom is 0.331 e. The molecule has 5 nitrogen and oxygen atoms in total. The third-order valence-electron chi connectivity index (χ3n) is 4.14. The number of benzene rings is 3. The fourth-order valence-electron chi connectivity index (χ4n) is 2.62. The Kier molecular flexibility index (Phi) is 8.56. The van der Waals surface area contributed by atoms with E-state index in [4.69, 9.17) is 44.3 Å². The van der Waals surface area contributed by atoms with Crippen LogP contribution in [0, 0.1) is 0 Å². The van der Waals surface area contributed by atoms with E-state index < -0.39 is 18.5 Å². The van der Waals surface area contributed by atoms with Crippen LogP contribution in [0.25, 0.3) is 6.08 Å². The Bertz CT molecular complexity index is 1110. The maximum absolute atomic E-state index is 11.9. The van der Waals surface area contributed by atoms with Crippen LogP contribution in [0.4, 0.5) is 5.69 Å². The lowest BCUT2D eigenvalue weighted by Gasteiger charge is -2.08. The minimum Gasteiger partial charge on any atom is -0.489 e. The molecular weight excluding hydrogens is 473 g/mol. The first-order chi connectivity index (χ1) is 15.4. The van der Waals surface area contributed by atoms with E-state index >= 15 is 0 Å². The molecule has 0 fully saturated rings. The van der Waals surface area contributed by atoms with Crippen LogP contribution in [0.1, 0.15) is 11.1 Å². The molecule has 8 heteroatoms. The van der Waals surface area contributed by atoms with Gasteiger partial charge in [0.15, 0.2) is 6.61 Å². The Morgan fingerprint density at radius 3 is 2.28 bits per heavy atom. The highest BCUT2D eigenvalue weighted by Gasteiger charge is 2.07. The lowest BCUT2D eigenvalue weighted by atomic mass is 10.2. The largest absolute Gasteiger partial charge is 0.489 e. The van der Waals surface area contributed by atoms with Gasteiger partial charge in [0.25, 0.3) is 5.91 Å². The Morgan fingerprint density at radius 1 is 0.906 bits per heavy atom. The second kappa shape index (κ2) is 11.6. The monoisotopic (exact) mass is 489 g/mol. The molecule has 0 heterocycles. The average molecular weight is 491 g/mol. The van der Waals surface area contributed by atoms with Crippen LogP contribution < -0.4 is 10.1 Å². The lowest BCUT2D eigenvalue weighted by Crippen LogP contribution is -2.20. The molecule has 3 aromatic carbocycles. The number of amides is 1. The number of anilines is 1. The topological polar surface area (TPSA) is 64.6 Å². The van der Waals surface area contributed by atoms with Crippen molar-refractivity contribution in [1.29, 1.82) is 0 Å². The van der Waals surface area contributed by atoms with Gasteiger partial charge < -0.3 is 14.8 Å². The van der Waals surface area contributed by atoms with Gasteiger partial charge in [0.2, 0.25) is 0 Å². The molecule has 0 atom stereocenters. The summed E-state index contributed by atoms with van der Waals surface area (Å²) in [5.74, 6) is -0.490. The summed E-state index contributed by atoms with van der Waals surface area (Å²) in [5, 5.41) is 3.97. The van der Waals surface area contributed by atoms with E-state index in [1.54, 1.807) is 36.4 Å². The molecule has 0 spiro atoms. The van der Waals surface area contributed by atoms with E-state index in [0.29, 0.717) is 33.1 Å². The highest BCUT2D eigenvalue weighted by molar-refractivity contribution is 6.35. The van der Waals surface area contributed by atoms with Gasteiger partial charge in [-0.3, -0.25) is 4.79 Å². The molecule has 0 unspecified atom stereocenters. The predicted octanol–water partition coefficient (Wildman–Crippen LogP) is 6.42. The number of carbonyl (C=O) groups is 2. The summed E-state index contributed by atoms with van der Waals surface area (Å²) in [6.07, 6.45) is 2.82. The van der Waals surface area contributed by atoms with Gasteiger partial charge in [-0.05, 0) is 48.0 Å². The SMILES string of the molecule is O=C(COC(=O)C=Cc1ccc(OCc2ccccc2Cl)cc1)Nc1cc(Cl)cc(Cl)c1. The predicted molar refractivity (Wildman–Crippen MR) is 127 cm³/mol. The number of rotatable bonds is 8. The zero-order chi connectivity index (χ0) is 22.9. The van der Waals surface area contributed by atoms with E-state index in [2.05, 4.69) is 5.32 Å². The van der Waals surface area contributed by atoms with Crippen molar-refractivity contribution < 1.29 is 19.1 Å². The first-order valence-corrected chi connectivity index (χ1v) is 10.6. The molecule has 0 aliphatic heterocycles. The van der Waals surface area contributed by atoms with E-state index in [1.807, 2.05) is 24.3 Å². The van der Waals surface area contributed by atoms with Gasteiger partial charge >= 0.3 is 5.97 Å². The van der Waals surface area contributed by atoms with Crippen molar-refractivity contribution in [2.24, 2.45) is 0 Å². The Hall–Kier alpha value is -2.99. The summed E-state index contributed by atoms with van der Waals surface area (Å²) in [4.78, 5) is 23.8. The molecule has 0 radical (unpaired) electrons. The first-order valence-electron chi connectivity index (χ1n) is 9.46. The van der Waals surface area contributed by atoms with Gasteiger partial charge in [-0.1, -0.05) is 65.1 Å². The summed E-state index contributed by atoms with van der Waals surface area (Å²) in [5.41, 5.74) is 2.07. The van der Waals surface area contributed by atoms with Crippen LogP contribution >= 0.6 is 34.8 Å². The van der Waals surface area contributed by atoms with E-state index in [-0.39, 0.29) is 0 Å². The molecule has 0 aromatic heterocycles. The van der Waals surface area contributed by atoms with Crippen LogP contribution in [0.15, 0.2) is 72.8 Å². The Balaban J connectivity index is 1.44. The summed E-state index contributed by atoms with van der Waals surface area (Å²) in [6.45, 7) is -0.0905. The van der Waals surface area contributed by atoms with E-state index in [1.165, 1.54) is 18.2 Å². The summed E-state index contributed by atoms with van der Waals surface area (Å²) in [6, 6.07) is 19.2. The van der Waals surface area contributed by atoms with Crippen molar-refractivity contribution in [2.75, 3.05) is 11.9 Å². The normalized spacial score (nSPS) is 10.7. The third kappa shape index (κ3) is 7.61. The number of ether oxygens (including phenoxy) is 2. The number of hydrogen-bond acceptors (Lipinski definition) is 4. The van der Waals surface area contributed by atoms with Gasteiger partial charge in [0, 0.05) is 32.4 Å². The molecule has 3 rings (SSSR count). The summed E-state index contributed by atoms with van der Waals surface area (Å²) in [7, 11) is 0.